The molecule has 1 aromatic rings. The topological polar surface area (TPSA) is 57.6 Å². The summed E-state index contributed by atoms with van der Waals surface area (Å²) >= 11 is 5.92. The third-order valence-corrected chi connectivity index (χ3v) is 3.48. The Balaban J connectivity index is 2.18. The van der Waals surface area contributed by atoms with Crippen molar-refractivity contribution in [1.82, 2.24) is 4.90 Å². The van der Waals surface area contributed by atoms with Gasteiger partial charge >= 0.3 is 5.97 Å². The summed E-state index contributed by atoms with van der Waals surface area (Å²) in [5, 5.41) is 9.27. The molecule has 0 spiro atoms. The van der Waals surface area contributed by atoms with Gasteiger partial charge in [-0.05, 0) is 37.5 Å². The summed E-state index contributed by atoms with van der Waals surface area (Å²) < 4.78 is 0. The van der Waals surface area contributed by atoms with Crippen LogP contribution in [0.15, 0.2) is 18.2 Å². The molecule has 1 aliphatic rings. The number of aliphatic carboxylic acids is 1. The number of carbonyl (C=O) groups is 2. The number of carbonyl (C=O) groups excluding carboxylic acids is 1. The number of carboxylic acids is 1. The van der Waals surface area contributed by atoms with E-state index in [9.17, 15) is 9.59 Å². The highest BCUT2D eigenvalue weighted by atomic mass is 35.5. The fraction of sp³-hybridized carbons (Fsp3) is 0.429. The second-order valence-corrected chi connectivity index (χ2v) is 5.27. The van der Waals surface area contributed by atoms with Gasteiger partial charge in [0, 0.05) is 23.2 Å². The van der Waals surface area contributed by atoms with Crippen LogP contribution in [0.4, 0.5) is 0 Å². The molecule has 5 heteroatoms. The van der Waals surface area contributed by atoms with E-state index in [1.807, 2.05) is 6.92 Å². The van der Waals surface area contributed by atoms with Gasteiger partial charge in [0.1, 0.15) is 0 Å². The lowest BCUT2D eigenvalue weighted by atomic mass is 10.1. The van der Waals surface area contributed by atoms with Crippen LogP contribution in [0.5, 0.6) is 0 Å². The van der Waals surface area contributed by atoms with Crippen LogP contribution in [0.1, 0.15) is 35.2 Å². The fourth-order valence-corrected chi connectivity index (χ4v) is 2.20. The van der Waals surface area contributed by atoms with E-state index in [4.69, 9.17) is 16.7 Å². The summed E-state index contributed by atoms with van der Waals surface area (Å²) in [5.74, 6) is -1.01. The maximum atomic E-state index is 12.5. The van der Waals surface area contributed by atoms with Crippen molar-refractivity contribution < 1.29 is 14.7 Å². The molecule has 4 nitrogen and oxygen atoms in total. The van der Waals surface area contributed by atoms with Crippen LogP contribution in [-0.4, -0.2) is 34.5 Å². The van der Waals surface area contributed by atoms with Crippen molar-refractivity contribution >= 4 is 23.5 Å². The van der Waals surface area contributed by atoms with Crippen molar-refractivity contribution in [3.05, 3.63) is 34.3 Å². The van der Waals surface area contributed by atoms with Gasteiger partial charge in [-0.15, -0.1) is 0 Å². The van der Waals surface area contributed by atoms with Gasteiger partial charge in [-0.3, -0.25) is 9.59 Å². The van der Waals surface area contributed by atoms with E-state index < -0.39 is 5.97 Å². The van der Waals surface area contributed by atoms with Crippen LogP contribution >= 0.6 is 11.6 Å². The number of nitrogens with zero attached hydrogens (tertiary/aromatic N) is 1. The number of carboxylic acid groups (broad SMARTS) is 1. The van der Waals surface area contributed by atoms with Gasteiger partial charge in [-0.25, -0.2) is 0 Å². The number of aryl methyl sites for hydroxylation is 1. The Hall–Kier alpha value is -1.55. The Labute approximate surface area is 117 Å². The molecule has 0 unspecified atom stereocenters. The van der Waals surface area contributed by atoms with E-state index in [1.54, 1.807) is 23.1 Å². The second-order valence-electron chi connectivity index (χ2n) is 4.83. The number of hydrogen-bond acceptors (Lipinski definition) is 2. The largest absolute Gasteiger partial charge is 0.481 e. The quantitative estimate of drug-likeness (QED) is 0.903. The normalized spacial score (nSPS) is 14.2. The van der Waals surface area contributed by atoms with Gasteiger partial charge in [0.15, 0.2) is 0 Å². The number of benzene rings is 1. The molecule has 19 heavy (non-hydrogen) atoms. The Morgan fingerprint density at radius 3 is 2.68 bits per heavy atom. The first-order chi connectivity index (χ1) is 8.99. The first kappa shape index (κ1) is 13.9. The van der Waals surface area contributed by atoms with Gasteiger partial charge in [0.05, 0.1) is 6.42 Å². The molecule has 2 rings (SSSR count). The monoisotopic (exact) mass is 281 g/mol. The Kier molecular flexibility index (Phi) is 4.10. The molecule has 0 aromatic heterocycles. The molecule has 0 atom stereocenters. The molecule has 1 N–H and O–H groups in total. The van der Waals surface area contributed by atoms with Crippen LogP contribution in [0.25, 0.3) is 0 Å². The second kappa shape index (κ2) is 5.61. The lowest BCUT2D eigenvalue weighted by molar-refractivity contribution is -0.137. The van der Waals surface area contributed by atoms with Crippen LogP contribution in [-0.2, 0) is 4.79 Å². The molecular formula is C14H16ClNO3. The molecule has 1 fully saturated rings. The SMILES string of the molecule is Cc1ccc(Cl)cc1C(=O)N(CCC(=O)O)C1CC1. The Morgan fingerprint density at radius 2 is 2.11 bits per heavy atom. The molecule has 1 aromatic carbocycles. The summed E-state index contributed by atoms with van der Waals surface area (Å²) in [6.45, 7) is 2.11. The van der Waals surface area contributed by atoms with E-state index in [0.29, 0.717) is 10.6 Å². The zero-order chi connectivity index (χ0) is 14.0. The maximum absolute atomic E-state index is 12.5. The maximum Gasteiger partial charge on any atom is 0.305 e. The van der Waals surface area contributed by atoms with Crippen molar-refractivity contribution in [1.29, 1.82) is 0 Å². The van der Waals surface area contributed by atoms with Gasteiger partial charge in [-0.2, -0.15) is 0 Å². The van der Waals surface area contributed by atoms with Gasteiger partial charge in [0.2, 0.25) is 0 Å². The third-order valence-electron chi connectivity index (χ3n) is 3.25. The summed E-state index contributed by atoms with van der Waals surface area (Å²) in [5.41, 5.74) is 1.42. The average molecular weight is 282 g/mol. The number of amides is 1. The van der Waals surface area contributed by atoms with Gasteiger partial charge in [0.25, 0.3) is 5.91 Å². The summed E-state index contributed by atoms with van der Waals surface area (Å²) in [6, 6.07) is 5.38. The van der Waals surface area contributed by atoms with E-state index in [-0.39, 0.29) is 24.9 Å². The first-order valence-corrected chi connectivity index (χ1v) is 6.65. The van der Waals surface area contributed by atoms with E-state index >= 15 is 0 Å². The summed E-state index contributed by atoms with van der Waals surface area (Å²) in [7, 11) is 0. The van der Waals surface area contributed by atoms with Crippen molar-refractivity contribution in [2.45, 2.75) is 32.2 Å². The smallest absolute Gasteiger partial charge is 0.305 e. The highest BCUT2D eigenvalue weighted by Gasteiger charge is 2.33. The highest BCUT2D eigenvalue weighted by Crippen LogP contribution is 2.29. The highest BCUT2D eigenvalue weighted by molar-refractivity contribution is 6.31. The molecule has 102 valence electrons. The zero-order valence-electron chi connectivity index (χ0n) is 10.7. The van der Waals surface area contributed by atoms with Crippen LogP contribution in [0, 0.1) is 6.92 Å². The molecule has 0 saturated heterocycles. The van der Waals surface area contributed by atoms with E-state index in [0.717, 1.165) is 18.4 Å². The lowest BCUT2D eigenvalue weighted by Gasteiger charge is -2.22. The van der Waals surface area contributed by atoms with E-state index in [1.165, 1.54) is 0 Å². The van der Waals surface area contributed by atoms with Crippen LogP contribution in [0.2, 0.25) is 5.02 Å². The number of rotatable bonds is 5. The zero-order valence-corrected chi connectivity index (χ0v) is 11.5. The van der Waals surface area contributed by atoms with Gasteiger partial charge in [-0.1, -0.05) is 17.7 Å². The molecule has 1 amide bonds. The molecule has 0 aliphatic heterocycles. The van der Waals surface area contributed by atoms with E-state index in [2.05, 4.69) is 0 Å². The molecule has 0 radical (unpaired) electrons. The van der Waals surface area contributed by atoms with Crippen molar-refractivity contribution in [3.63, 3.8) is 0 Å². The third kappa shape index (κ3) is 3.47. The van der Waals surface area contributed by atoms with Crippen molar-refractivity contribution in [2.75, 3.05) is 6.54 Å². The first-order valence-electron chi connectivity index (χ1n) is 6.28. The predicted octanol–water partition coefficient (Wildman–Crippen LogP) is 2.73. The minimum atomic E-state index is -0.888. The molecule has 1 saturated carbocycles. The molecule has 1 aliphatic carbocycles. The van der Waals surface area contributed by atoms with Crippen molar-refractivity contribution in [2.24, 2.45) is 0 Å². The average Bonchev–Trinajstić information content (AvgIpc) is 3.16. The Bertz CT molecular complexity index is 511. The molecule has 0 heterocycles. The minimum absolute atomic E-state index is 0.0259. The summed E-state index contributed by atoms with van der Waals surface area (Å²) in [4.78, 5) is 24.8. The summed E-state index contributed by atoms with van der Waals surface area (Å²) in [6.07, 6.45) is 1.87. The number of hydrogen-bond donors (Lipinski definition) is 1. The number of halogens is 1. The predicted molar refractivity (Wildman–Crippen MR) is 72.5 cm³/mol. The standard InChI is InChI=1S/C14H16ClNO3/c1-9-2-3-10(15)8-12(9)14(19)16(11-4-5-11)7-6-13(17)18/h2-3,8,11H,4-7H2,1H3,(H,17,18). The fourth-order valence-electron chi connectivity index (χ4n) is 2.03. The van der Waals surface area contributed by atoms with Gasteiger partial charge < -0.3 is 10.0 Å². The van der Waals surface area contributed by atoms with Crippen molar-refractivity contribution in [3.8, 4) is 0 Å². The molecular weight excluding hydrogens is 266 g/mol. The molecule has 0 bridgehead atoms. The lowest BCUT2D eigenvalue weighted by Crippen LogP contribution is -2.35. The minimum Gasteiger partial charge on any atom is -0.481 e. The van der Waals surface area contributed by atoms with Crippen LogP contribution < -0.4 is 0 Å². The van der Waals surface area contributed by atoms with Crippen LogP contribution in [0.3, 0.4) is 0 Å². The Morgan fingerprint density at radius 1 is 1.42 bits per heavy atom.